The molecule has 0 bridgehead atoms. The van der Waals surface area contributed by atoms with Crippen molar-refractivity contribution in [1.82, 2.24) is 5.32 Å². The Morgan fingerprint density at radius 2 is 1.62 bits per heavy atom. The van der Waals surface area contributed by atoms with Gasteiger partial charge >= 0.3 is 0 Å². The summed E-state index contributed by atoms with van der Waals surface area (Å²) in [6.07, 6.45) is 20.2. The van der Waals surface area contributed by atoms with E-state index in [1.807, 2.05) is 9.97 Å². The standard InChI is InChI=1S/C39H44Br2N4/c1-38(2)29-13-5-7-17-33(29)44(25-23-40)35(38)21-19-27-11-9-12-28(37(27)43-32-16-10-15-31(32)42)20-22-36-39(3,4)30-14-6-8-18-34(30)45(36)26-24-41/h5-8,13-14,17-26,31-32H,9-12,15-16,42H2,1-4H3/p+1/b25-23+,26-24+,27-19+,35-21+. The summed E-state index contributed by atoms with van der Waals surface area (Å²) in [6.45, 7) is 9.30. The number of benzene rings is 2. The number of nitrogens with one attached hydrogen (secondary N) is 1. The van der Waals surface area contributed by atoms with Crippen LogP contribution < -0.4 is 16.0 Å². The first-order valence-electron chi connectivity index (χ1n) is 16.2. The SMILES string of the molecule is CC1(C)C(/C=C/C2=C(NC3CCCC3N)C(=C/C=C3/N(/C=C/Br)c4ccccc4C3(C)C)/CCC2)=[N+](/C=C/Br)c2ccccc21. The van der Waals surface area contributed by atoms with Gasteiger partial charge in [0.15, 0.2) is 11.9 Å². The maximum Gasteiger partial charge on any atom is 0.215 e. The van der Waals surface area contributed by atoms with Crippen molar-refractivity contribution in [3.63, 3.8) is 0 Å². The van der Waals surface area contributed by atoms with E-state index in [1.165, 1.54) is 57.2 Å². The number of allylic oxidation sites excluding steroid dienone is 7. The molecule has 6 heteroatoms. The van der Waals surface area contributed by atoms with E-state index >= 15 is 0 Å². The van der Waals surface area contributed by atoms with Crippen LogP contribution in [0.5, 0.6) is 0 Å². The summed E-state index contributed by atoms with van der Waals surface area (Å²) in [4.78, 5) is 6.20. The lowest BCUT2D eigenvalue weighted by Gasteiger charge is -2.28. The van der Waals surface area contributed by atoms with Gasteiger partial charge in [-0.15, -0.1) is 0 Å². The highest BCUT2D eigenvalue weighted by molar-refractivity contribution is 9.11. The van der Waals surface area contributed by atoms with E-state index in [9.17, 15) is 0 Å². The Bertz CT molecular complexity index is 1680. The first-order chi connectivity index (χ1) is 21.7. The average Bonchev–Trinajstić information content (AvgIpc) is 3.60. The highest BCUT2D eigenvalue weighted by Crippen LogP contribution is 2.48. The zero-order valence-corrected chi connectivity index (χ0v) is 30.0. The molecule has 2 aromatic rings. The second kappa shape index (κ2) is 13.1. The third-order valence-corrected chi connectivity index (χ3v) is 10.7. The van der Waals surface area contributed by atoms with E-state index in [-0.39, 0.29) is 16.9 Å². The molecular weight excluding hydrogens is 684 g/mol. The predicted molar refractivity (Wildman–Crippen MR) is 197 cm³/mol. The third kappa shape index (κ3) is 5.90. The van der Waals surface area contributed by atoms with Crippen molar-refractivity contribution in [2.75, 3.05) is 4.90 Å². The number of rotatable bonds is 7. The number of nitrogens with zero attached hydrogens (tertiary/aromatic N) is 2. The van der Waals surface area contributed by atoms with E-state index in [0.717, 1.165) is 32.1 Å². The summed E-state index contributed by atoms with van der Waals surface area (Å²) in [7, 11) is 0. The quantitative estimate of drug-likeness (QED) is 0.279. The Balaban J connectivity index is 1.44. The fourth-order valence-corrected chi connectivity index (χ4v) is 8.20. The van der Waals surface area contributed by atoms with Gasteiger partial charge in [0.05, 0.1) is 5.41 Å². The van der Waals surface area contributed by atoms with Gasteiger partial charge in [-0.1, -0.05) is 94.3 Å². The van der Waals surface area contributed by atoms with Gasteiger partial charge in [0.2, 0.25) is 5.69 Å². The van der Waals surface area contributed by atoms with Crippen LogP contribution in [0.25, 0.3) is 0 Å². The minimum Gasteiger partial charge on any atom is -0.380 e. The Morgan fingerprint density at radius 1 is 0.867 bits per heavy atom. The number of hydrogen-bond donors (Lipinski definition) is 2. The number of para-hydroxylation sites is 2. The van der Waals surface area contributed by atoms with Gasteiger partial charge in [-0.3, -0.25) is 0 Å². The van der Waals surface area contributed by atoms with Gasteiger partial charge in [-0.05, 0) is 86.2 Å². The molecule has 45 heavy (non-hydrogen) atoms. The largest absolute Gasteiger partial charge is 0.380 e. The van der Waals surface area contributed by atoms with Crippen molar-refractivity contribution in [1.29, 1.82) is 0 Å². The number of fused-ring (bicyclic) bond motifs is 2. The van der Waals surface area contributed by atoms with Crippen LogP contribution in [-0.2, 0) is 10.8 Å². The first-order valence-corrected chi connectivity index (χ1v) is 18.1. The molecule has 0 radical (unpaired) electrons. The maximum atomic E-state index is 6.63. The van der Waals surface area contributed by atoms with Gasteiger partial charge < -0.3 is 16.0 Å². The highest BCUT2D eigenvalue weighted by atomic mass is 79.9. The average molecular weight is 730 g/mol. The van der Waals surface area contributed by atoms with Crippen molar-refractivity contribution < 1.29 is 4.58 Å². The number of nitrogens with two attached hydrogens (primary N) is 1. The van der Waals surface area contributed by atoms with Crippen LogP contribution in [-0.4, -0.2) is 22.4 Å². The fourth-order valence-electron chi connectivity index (χ4n) is 7.73. The van der Waals surface area contributed by atoms with Crippen molar-refractivity contribution >= 4 is 48.9 Å². The molecule has 2 aliphatic heterocycles. The Morgan fingerprint density at radius 3 is 2.36 bits per heavy atom. The van der Waals surface area contributed by atoms with Crippen LogP contribution in [0.1, 0.15) is 77.3 Å². The lowest BCUT2D eigenvalue weighted by molar-refractivity contribution is -0.356. The molecule has 1 fully saturated rings. The summed E-state index contributed by atoms with van der Waals surface area (Å²) in [5.74, 6) is 0. The number of anilines is 1. The van der Waals surface area contributed by atoms with Crippen LogP contribution in [0, 0.1) is 0 Å². The molecule has 0 aromatic heterocycles. The molecule has 2 aliphatic carbocycles. The minimum absolute atomic E-state index is 0.116. The second-order valence-corrected chi connectivity index (χ2v) is 14.7. The van der Waals surface area contributed by atoms with E-state index in [4.69, 9.17) is 5.73 Å². The molecule has 3 N–H and O–H groups in total. The summed E-state index contributed by atoms with van der Waals surface area (Å²) in [6, 6.07) is 17.9. The Labute approximate surface area is 286 Å². The summed E-state index contributed by atoms with van der Waals surface area (Å²) >= 11 is 7.08. The van der Waals surface area contributed by atoms with E-state index in [0.29, 0.717) is 6.04 Å². The van der Waals surface area contributed by atoms with Crippen LogP contribution in [0.2, 0.25) is 0 Å². The van der Waals surface area contributed by atoms with Gasteiger partial charge in [0.25, 0.3) is 0 Å². The summed E-state index contributed by atoms with van der Waals surface area (Å²) in [5, 5.41) is 3.99. The normalized spacial score (nSPS) is 26.0. The Hall–Kier alpha value is -2.93. The fraction of sp³-hybridized carbons (Fsp3) is 0.359. The van der Waals surface area contributed by atoms with Crippen LogP contribution in [0.15, 0.2) is 118 Å². The molecule has 2 atom stereocenters. The monoisotopic (exact) mass is 727 g/mol. The third-order valence-electron chi connectivity index (χ3n) is 10.2. The molecule has 6 rings (SSSR count). The zero-order chi connectivity index (χ0) is 31.8. The second-order valence-electron chi connectivity index (χ2n) is 13.6. The lowest BCUT2D eigenvalue weighted by Crippen LogP contribution is -2.41. The maximum absolute atomic E-state index is 6.63. The van der Waals surface area contributed by atoms with Gasteiger partial charge in [0.1, 0.15) is 0 Å². The molecule has 0 amide bonds. The van der Waals surface area contributed by atoms with E-state index in [2.05, 4.69) is 160 Å². The van der Waals surface area contributed by atoms with Crippen molar-refractivity contribution in [3.8, 4) is 0 Å². The van der Waals surface area contributed by atoms with Crippen LogP contribution in [0.4, 0.5) is 11.4 Å². The predicted octanol–water partition coefficient (Wildman–Crippen LogP) is 9.87. The smallest absolute Gasteiger partial charge is 0.215 e. The number of halogens is 2. The molecule has 0 spiro atoms. The lowest BCUT2D eigenvalue weighted by atomic mass is 9.81. The van der Waals surface area contributed by atoms with Gasteiger partial charge in [-0.2, -0.15) is 4.58 Å². The molecule has 0 saturated heterocycles. The molecule has 234 valence electrons. The molecule has 2 heterocycles. The minimum atomic E-state index is -0.116. The van der Waals surface area contributed by atoms with Crippen molar-refractivity contribution in [2.45, 2.75) is 89.1 Å². The highest BCUT2D eigenvalue weighted by Gasteiger charge is 2.44. The topological polar surface area (TPSA) is 44.3 Å². The molecule has 2 unspecified atom stereocenters. The van der Waals surface area contributed by atoms with Crippen LogP contribution >= 0.6 is 31.9 Å². The Kier molecular flexibility index (Phi) is 9.29. The molecular formula is C39H45Br2N4+. The van der Waals surface area contributed by atoms with Crippen molar-refractivity contribution in [3.05, 3.63) is 129 Å². The molecule has 1 saturated carbocycles. The molecule has 4 nitrogen and oxygen atoms in total. The van der Waals surface area contributed by atoms with Crippen LogP contribution in [0.3, 0.4) is 0 Å². The van der Waals surface area contributed by atoms with Crippen molar-refractivity contribution in [2.24, 2.45) is 5.73 Å². The molecule has 4 aliphatic rings. The van der Waals surface area contributed by atoms with Gasteiger partial charge in [0, 0.05) is 63.5 Å². The number of hydrogen-bond acceptors (Lipinski definition) is 3. The van der Waals surface area contributed by atoms with E-state index in [1.54, 1.807) is 0 Å². The first kappa shape index (κ1) is 32.0. The van der Waals surface area contributed by atoms with Gasteiger partial charge in [-0.25, -0.2) is 0 Å². The summed E-state index contributed by atoms with van der Waals surface area (Å²) < 4.78 is 2.32. The summed E-state index contributed by atoms with van der Waals surface area (Å²) in [5.41, 5.74) is 18.1. The zero-order valence-electron chi connectivity index (χ0n) is 26.9. The van der Waals surface area contributed by atoms with E-state index < -0.39 is 0 Å². The molecule has 2 aromatic carbocycles.